The third-order valence-corrected chi connectivity index (χ3v) is 6.71. The first-order valence-corrected chi connectivity index (χ1v) is 9.22. The number of Topliss-reactive ketones (excluding diaryl/α,β-unsaturated/α-hetero) is 2. The van der Waals surface area contributed by atoms with Crippen molar-refractivity contribution in [1.82, 2.24) is 10.2 Å². The third kappa shape index (κ3) is 1.71. The van der Waals surface area contributed by atoms with Gasteiger partial charge in [-0.15, -0.1) is 11.8 Å². The molecule has 0 aromatic heterocycles. The summed E-state index contributed by atoms with van der Waals surface area (Å²) in [6.07, 6.45) is 1.41. The van der Waals surface area contributed by atoms with Crippen molar-refractivity contribution in [3.63, 3.8) is 0 Å². The molecular weight excluding hydrogens is 340 g/mol. The number of thioether (sulfide) groups is 1. The Balaban J connectivity index is 1.68. The summed E-state index contributed by atoms with van der Waals surface area (Å²) in [6.45, 7) is 0.519. The van der Waals surface area contributed by atoms with Gasteiger partial charge >= 0.3 is 0 Å². The maximum Gasteiger partial charge on any atom is 0.254 e. The molecule has 4 aliphatic rings. The minimum Gasteiger partial charge on any atom is -0.335 e. The van der Waals surface area contributed by atoms with E-state index in [0.29, 0.717) is 29.0 Å². The van der Waals surface area contributed by atoms with Gasteiger partial charge in [0.2, 0.25) is 11.7 Å². The molecule has 2 atom stereocenters. The van der Waals surface area contributed by atoms with Crippen LogP contribution in [0.1, 0.15) is 33.6 Å². The Labute approximate surface area is 147 Å². The number of nitrogens with zero attached hydrogens (tertiary/aromatic N) is 1. The van der Waals surface area contributed by atoms with E-state index < -0.39 is 11.6 Å². The van der Waals surface area contributed by atoms with Crippen molar-refractivity contribution < 1.29 is 19.2 Å². The summed E-state index contributed by atoms with van der Waals surface area (Å²) in [4.78, 5) is 53.6. The first kappa shape index (κ1) is 14.9. The second-order valence-electron chi connectivity index (χ2n) is 6.75. The van der Waals surface area contributed by atoms with Crippen molar-refractivity contribution >= 4 is 35.1 Å². The molecule has 1 aliphatic carbocycles. The quantitative estimate of drug-likeness (QED) is 0.749. The Morgan fingerprint density at radius 3 is 2.56 bits per heavy atom. The SMILES string of the molecule is O=C1C2=C(C(=O)c3ccccc31)[C@]1(CS2)NC(=O)[C@@H]2CCCN2C1=O. The molecule has 126 valence electrons. The van der Waals surface area contributed by atoms with E-state index in [4.69, 9.17) is 0 Å². The lowest BCUT2D eigenvalue weighted by atomic mass is 9.77. The molecule has 1 aromatic carbocycles. The molecule has 5 rings (SSSR count). The summed E-state index contributed by atoms with van der Waals surface area (Å²) in [7, 11) is 0. The highest BCUT2D eigenvalue weighted by atomic mass is 32.2. The van der Waals surface area contributed by atoms with Gasteiger partial charge in [0.05, 0.1) is 10.5 Å². The second kappa shape index (κ2) is 4.82. The Morgan fingerprint density at radius 2 is 1.80 bits per heavy atom. The van der Waals surface area contributed by atoms with Crippen LogP contribution in [-0.2, 0) is 9.59 Å². The van der Waals surface area contributed by atoms with Gasteiger partial charge in [0.15, 0.2) is 11.3 Å². The molecule has 1 aromatic rings. The minimum atomic E-state index is -1.40. The molecule has 3 heterocycles. The predicted molar refractivity (Wildman–Crippen MR) is 90.2 cm³/mol. The number of hydrogen-bond acceptors (Lipinski definition) is 5. The molecule has 0 radical (unpaired) electrons. The van der Waals surface area contributed by atoms with Crippen molar-refractivity contribution in [3.05, 3.63) is 45.9 Å². The molecule has 2 amide bonds. The molecule has 2 saturated heterocycles. The number of rotatable bonds is 0. The average Bonchev–Trinajstić information content (AvgIpc) is 3.24. The predicted octanol–water partition coefficient (Wildman–Crippen LogP) is 0.926. The van der Waals surface area contributed by atoms with Crippen LogP contribution >= 0.6 is 11.8 Å². The fourth-order valence-electron chi connectivity index (χ4n) is 4.27. The van der Waals surface area contributed by atoms with Crippen molar-refractivity contribution in [1.29, 1.82) is 0 Å². The highest BCUT2D eigenvalue weighted by Gasteiger charge is 2.60. The lowest BCUT2D eigenvalue weighted by Crippen LogP contribution is -2.70. The summed E-state index contributed by atoms with van der Waals surface area (Å²) in [5, 5.41) is 2.81. The van der Waals surface area contributed by atoms with Crippen molar-refractivity contribution in [3.8, 4) is 0 Å². The smallest absolute Gasteiger partial charge is 0.254 e. The lowest BCUT2D eigenvalue weighted by molar-refractivity contribution is -0.149. The Morgan fingerprint density at radius 1 is 1.08 bits per heavy atom. The maximum atomic E-state index is 13.2. The van der Waals surface area contributed by atoms with Crippen LogP contribution in [-0.4, -0.2) is 52.2 Å². The Hall–Kier alpha value is -2.41. The second-order valence-corrected chi connectivity index (χ2v) is 7.73. The van der Waals surface area contributed by atoms with E-state index in [2.05, 4.69) is 5.32 Å². The first-order valence-electron chi connectivity index (χ1n) is 8.24. The summed E-state index contributed by atoms with van der Waals surface area (Å²) in [5.41, 5.74) is -0.578. The number of ketones is 2. The maximum absolute atomic E-state index is 13.2. The number of nitrogens with one attached hydrogen (secondary N) is 1. The highest BCUT2D eigenvalue weighted by molar-refractivity contribution is 8.04. The fourth-order valence-corrected chi connectivity index (χ4v) is 5.63. The van der Waals surface area contributed by atoms with E-state index in [1.165, 1.54) is 11.8 Å². The standard InChI is InChI=1S/C18H14N2O4S/c21-13-9-4-1-2-5-10(9)14(22)15-12(13)18(8-25-15)17(24)20-7-3-6-11(20)16(23)19-18/h1-2,4-5,11H,3,6-8H2,(H,19,23)/t11-,18-/m0/s1. The van der Waals surface area contributed by atoms with Crippen LogP contribution in [0.25, 0.3) is 0 Å². The number of amides is 2. The molecule has 6 nitrogen and oxygen atoms in total. The monoisotopic (exact) mass is 354 g/mol. The zero-order chi connectivity index (χ0) is 17.3. The number of piperazine rings is 1. The number of hydrogen-bond donors (Lipinski definition) is 1. The van der Waals surface area contributed by atoms with Crippen LogP contribution < -0.4 is 5.32 Å². The largest absolute Gasteiger partial charge is 0.335 e. The summed E-state index contributed by atoms with van der Waals surface area (Å²) < 4.78 is 0. The van der Waals surface area contributed by atoms with Gasteiger partial charge in [0.25, 0.3) is 5.91 Å². The van der Waals surface area contributed by atoms with E-state index in [1.807, 2.05) is 0 Å². The normalized spacial score (nSPS) is 30.6. The van der Waals surface area contributed by atoms with Gasteiger partial charge < -0.3 is 10.2 Å². The molecule has 1 spiro atoms. The molecule has 1 N–H and O–H groups in total. The number of carbonyl (C=O) groups excluding carboxylic acids is 4. The third-order valence-electron chi connectivity index (χ3n) is 5.45. The number of benzene rings is 1. The zero-order valence-electron chi connectivity index (χ0n) is 13.2. The molecule has 0 bridgehead atoms. The molecule has 0 saturated carbocycles. The average molecular weight is 354 g/mol. The van der Waals surface area contributed by atoms with Gasteiger partial charge in [-0.25, -0.2) is 0 Å². The van der Waals surface area contributed by atoms with Crippen LogP contribution in [0, 0.1) is 0 Å². The van der Waals surface area contributed by atoms with E-state index in [1.54, 1.807) is 29.2 Å². The van der Waals surface area contributed by atoms with Gasteiger partial charge in [-0.2, -0.15) is 0 Å². The lowest BCUT2D eigenvalue weighted by Gasteiger charge is -2.42. The summed E-state index contributed by atoms with van der Waals surface area (Å²) in [6, 6.07) is 6.19. The van der Waals surface area contributed by atoms with Gasteiger partial charge in [0, 0.05) is 23.4 Å². The molecule has 25 heavy (non-hydrogen) atoms. The first-order chi connectivity index (χ1) is 12.0. The van der Waals surface area contributed by atoms with E-state index >= 15 is 0 Å². The molecule has 3 aliphatic heterocycles. The van der Waals surface area contributed by atoms with Crippen molar-refractivity contribution in [2.75, 3.05) is 12.3 Å². The Bertz CT molecular complexity index is 921. The van der Waals surface area contributed by atoms with E-state index in [9.17, 15) is 19.2 Å². The van der Waals surface area contributed by atoms with Crippen LogP contribution in [0.4, 0.5) is 0 Å². The number of carbonyl (C=O) groups is 4. The van der Waals surface area contributed by atoms with Crippen LogP contribution in [0.15, 0.2) is 34.7 Å². The molecular formula is C18H14N2O4S. The molecule has 0 unspecified atom stereocenters. The topological polar surface area (TPSA) is 83.6 Å². The van der Waals surface area contributed by atoms with Gasteiger partial charge in [-0.05, 0) is 12.8 Å². The van der Waals surface area contributed by atoms with Gasteiger partial charge in [-0.1, -0.05) is 24.3 Å². The van der Waals surface area contributed by atoms with Crippen LogP contribution in [0.3, 0.4) is 0 Å². The van der Waals surface area contributed by atoms with Gasteiger partial charge in [0.1, 0.15) is 6.04 Å². The van der Waals surface area contributed by atoms with Crippen LogP contribution in [0.2, 0.25) is 0 Å². The van der Waals surface area contributed by atoms with E-state index in [0.717, 1.165) is 6.42 Å². The summed E-state index contributed by atoms with van der Waals surface area (Å²) >= 11 is 1.19. The molecule has 2 fully saturated rings. The van der Waals surface area contributed by atoms with E-state index in [-0.39, 0.29) is 34.7 Å². The van der Waals surface area contributed by atoms with Crippen molar-refractivity contribution in [2.24, 2.45) is 0 Å². The number of fused-ring (bicyclic) bond motifs is 3. The Kier molecular flexibility index (Phi) is 2.87. The molecule has 7 heteroatoms. The minimum absolute atomic E-state index is 0.157. The highest BCUT2D eigenvalue weighted by Crippen LogP contribution is 2.48. The van der Waals surface area contributed by atoms with Crippen molar-refractivity contribution in [2.45, 2.75) is 24.4 Å². The zero-order valence-corrected chi connectivity index (χ0v) is 14.0. The number of allylic oxidation sites excluding steroid dienone is 1. The van der Waals surface area contributed by atoms with Crippen LogP contribution in [0.5, 0.6) is 0 Å². The fraction of sp³-hybridized carbons (Fsp3) is 0.333. The summed E-state index contributed by atoms with van der Waals surface area (Å²) in [5.74, 6) is -0.867. The van der Waals surface area contributed by atoms with Gasteiger partial charge in [-0.3, -0.25) is 19.2 Å².